The molecule has 1 aliphatic carbocycles. The second-order valence-electron chi connectivity index (χ2n) is 5.33. The normalized spacial score (nSPS) is 23.4. The van der Waals surface area contributed by atoms with E-state index in [4.69, 9.17) is 0 Å². The summed E-state index contributed by atoms with van der Waals surface area (Å²) in [4.78, 5) is 10.1. The van der Waals surface area contributed by atoms with E-state index in [2.05, 4.69) is 11.6 Å². The zero-order chi connectivity index (χ0) is 14.8. The Hall–Kier alpha value is -1.47. The highest BCUT2D eigenvalue weighted by Gasteiger charge is 2.24. The van der Waals surface area contributed by atoms with Crippen LogP contribution >= 0.6 is 0 Å². The SMILES string of the molecule is CC1CCC(NS(=O)(=O)c2ccc([N+](=O)[O-])cc2)CC1. The van der Waals surface area contributed by atoms with Gasteiger partial charge in [-0.25, -0.2) is 13.1 Å². The number of non-ortho nitro benzene ring substituents is 1. The quantitative estimate of drug-likeness (QED) is 0.683. The van der Waals surface area contributed by atoms with Crippen LogP contribution in [0.25, 0.3) is 0 Å². The van der Waals surface area contributed by atoms with Crippen LogP contribution in [-0.2, 0) is 10.0 Å². The van der Waals surface area contributed by atoms with Crippen molar-refractivity contribution in [3.8, 4) is 0 Å². The molecule has 1 aliphatic rings. The molecule has 2 rings (SSSR count). The molecular formula is C13H18N2O4S. The molecule has 20 heavy (non-hydrogen) atoms. The molecule has 110 valence electrons. The van der Waals surface area contributed by atoms with Crippen LogP contribution in [0.1, 0.15) is 32.6 Å². The molecule has 0 bridgehead atoms. The maximum Gasteiger partial charge on any atom is 0.269 e. The predicted octanol–water partition coefficient (Wildman–Crippen LogP) is 2.45. The fourth-order valence-electron chi connectivity index (χ4n) is 2.41. The molecule has 0 aromatic heterocycles. The highest BCUT2D eigenvalue weighted by Crippen LogP contribution is 2.25. The lowest BCUT2D eigenvalue weighted by molar-refractivity contribution is -0.384. The molecule has 0 saturated heterocycles. The van der Waals surface area contributed by atoms with Crippen LogP contribution in [0.5, 0.6) is 0 Å². The maximum atomic E-state index is 12.2. The lowest BCUT2D eigenvalue weighted by Gasteiger charge is -2.26. The van der Waals surface area contributed by atoms with Crippen molar-refractivity contribution in [1.82, 2.24) is 4.72 Å². The van der Waals surface area contributed by atoms with Gasteiger partial charge in [0.2, 0.25) is 10.0 Å². The molecular weight excluding hydrogens is 280 g/mol. The van der Waals surface area contributed by atoms with Crippen LogP contribution in [0.4, 0.5) is 5.69 Å². The smallest absolute Gasteiger partial charge is 0.258 e. The van der Waals surface area contributed by atoms with Crippen LogP contribution in [0.3, 0.4) is 0 Å². The third kappa shape index (κ3) is 3.55. The molecule has 1 aromatic rings. The van der Waals surface area contributed by atoms with Gasteiger partial charge in [-0.3, -0.25) is 10.1 Å². The van der Waals surface area contributed by atoms with Crippen molar-refractivity contribution in [2.24, 2.45) is 5.92 Å². The lowest BCUT2D eigenvalue weighted by Crippen LogP contribution is -2.37. The van der Waals surface area contributed by atoms with E-state index in [1.54, 1.807) is 0 Å². The monoisotopic (exact) mass is 298 g/mol. The first-order valence-electron chi connectivity index (χ1n) is 6.65. The van der Waals surface area contributed by atoms with E-state index < -0.39 is 14.9 Å². The number of nitrogens with zero attached hydrogens (tertiary/aromatic N) is 1. The summed E-state index contributed by atoms with van der Waals surface area (Å²) in [5.74, 6) is 0.648. The Morgan fingerprint density at radius 1 is 1.15 bits per heavy atom. The Bertz CT molecular complexity index is 575. The average Bonchev–Trinajstić information content (AvgIpc) is 2.41. The van der Waals surface area contributed by atoms with Gasteiger partial charge in [-0.15, -0.1) is 0 Å². The average molecular weight is 298 g/mol. The summed E-state index contributed by atoms with van der Waals surface area (Å²) in [6, 6.07) is 4.92. The third-order valence-electron chi connectivity index (χ3n) is 3.70. The molecule has 1 N–H and O–H groups in total. The number of rotatable bonds is 4. The topological polar surface area (TPSA) is 89.3 Å². The molecule has 0 amide bonds. The number of hydrogen-bond donors (Lipinski definition) is 1. The van der Waals surface area contributed by atoms with Gasteiger partial charge in [0.25, 0.3) is 5.69 Å². The highest BCUT2D eigenvalue weighted by atomic mass is 32.2. The van der Waals surface area contributed by atoms with Crippen molar-refractivity contribution in [3.05, 3.63) is 34.4 Å². The second kappa shape index (κ2) is 5.88. The van der Waals surface area contributed by atoms with Crippen molar-refractivity contribution < 1.29 is 13.3 Å². The minimum Gasteiger partial charge on any atom is -0.258 e. The summed E-state index contributed by atoms with van der Waals surface area (Å²) in [5, 5.41) is 10.6. The van der Waals surface area contributed by atoms with Crippen molar-refractivity contribution in [2.75, 3.05) is 0 Å². The van der Waals surface area contributed by atoms with Gasteiger partial charge in [-0.1, -0.05) is 6.92 Å². The van der Waals surface area contributed by atoms with E-state index in [9.17, 15) is 18.5 Å². The molecule has 0 radical (unpaired) electrons. The van der Waals surface area contributed by atoms with E-state index in [-0.39, 0.29) is 16.6 Å². The molecule has 0 unspecified atom stereocenters. The van der Waals surface area contributed by atoms with Crippen molar-refractivity contribution in [3.63, 3.8) is 0 Å². The number of sulfonamides is 1. The van der Waals surface area contributed by atoms with E-state index in [1.165, 1.54) is 24.3 Å². The van der Waals surface area contributed by atoms with E-state index in [1.807, 2.05) is 0 Å². The van der Waals surface area contributed by atoms with Gasteiger partial charge in [0.05, 0.1) is 9.82 Å². The molecule has 1 saturated carbocycles. The maximum absolute atomic E-state index is 12.2. The first-order chi connectivity index (χ1) is 9.38. The Labute approximate surface area is 118 Å². The van der Waals surface area contributed by atoms with Gasteiger partial charge in [0, 0.05) is 18.2 Å². The van der Waals surface area contributed by atoms with Crippen LogP contribution < -0.4 is 4.72 Å². The Morgan fingerprint density at radius 3 is 2.20 bits per heavy atom. The predicted molar refractivity (Wildman–Crippen MR) is 74.8 cm³/mol. The Morgan fingerprint density at radius 2 is 1.70 bits per heavy atom. The van der Waals surface area contributed by atoms with Crippen LogP contribution in [0.15, 0.2) is 29.2 Å². The van der Waals surface area contributed by atoms with Gasteiger partial charge in [0.1, 0.15) is 0 Å². The van der Waals surface area contributed by atoms with Gasteiger partial charge in [0.15, 0.2) is 0 Å². The summed E-state index contributed by atoms with van der Waals surface area (Å²) >= 11 is 0. The molecule has 6 nitrogen and oxygen atoms in total. The fourth-order valence-corrected chi connectivity index (χ4v) is 3.72. The first kappa shape index (κ1) is 14.9. The zero-order valence-corrected chi connectivity index (χ0v) is 12.1. The molecule has 0 heterocycles. The van der Waals surface area contributed by atoms with E-state index in [0.29, 0.717) is 5.92 Å². The highest BCUT2D eigenvalue weighted by molar-refractivity contribution is 7.89. The van der Waals surface area contributed by atoms with Crippen LogP contribution in [0, 0.1) is 16.0 Å². The molecule has 1 fully saturated rings. The van der Waals surface area contributed by atoms with Crippen LogP contribution in [0.2, 0.25) is 0 Å². The van der Waals surface area contributed by atoms with E-state index >= 15 is 0 Å². The van der Waals surface area contributed by atoms with Crippen LogP contribution in [-0.4, -0.2) is 19.4 Å². The van der Waals surface area contributed by atoms with Crippen molar-refractivity contribution in [2.45, 2.75) is 43.5 Å². The third-order valence-corrected chi connectivity index (χ3v) is 5.23. The van der Waals surface area contributed by atoms with E-state index in [0.717, 1.165) is 25.7 Å². The minimum atomic E-state index is -3.59. The Kier molecular flexibility index (Phi) is 4.39. The largest absolute Gasteiger partial charge is 0.269 e. The van der Waals surface area contributed by atoms with Crippen molar-refractivity contribution in [1.29, 1.82) is 0 Å². The molecule has 1 aromatic carbocycles. The number of nitro benzene ring substituents is 1. The summed E-state index contributed by atoms with van der Waals surface area (Å²) in [6.45, 7) is 2.17. The summed E-state index contributed by atoms with van der Waals surface area (Å²) in [5.41, 5.74) is -0.115. The van der Waals surface area contributed by atoms with Gasteiger partial charge >= 0.3 is 0 Å². The minimum absolute atomic E-state index is 0.0357. The molecule has 7 heteroatoms. The number of nitrogens with one attached hydrogen (secondary N) is 1. The fraction of sp³-hybridized carbons (Fsp3) is 0.538. The van der Waals surface area contributed by atoms with Crippen molar-refractivity contribution >= 4 is 15.7 Å². The summed E-state index contributed by atoms with van der Waals surface area (Å²) in [6.07, 6.45) is 3.72. The van der Waals surface area contributed by atoms with Gasteiger partial charge in [-0.05, 0) is 43.7 Å². The number of nitro groups is 1. The molecule has 0 atom stereocenters. The zero-order valence-electron chi connectivity index (χ0n) is 11.3. The number of benzene rings is 1. The standard InChI is InChI=1S/C13H18N2O4S/c1-10-2-4-11(5-3-10)14-20(18,19)13-8-6-12(7-9-13)15(16)17/h6-11,14H,2-5H2,1H3. The Balaban J connectivity index is 2.08. The molecule has 0 spiro atoms. The summed E-state index contributed by atoms with van der Waals surface area (Å²) in [7, 11) is -3.59. The first-order valence-corrected chi connectivity index (χ1v) is 8.13. The van der Waals surface area contributed by atoms with Gasteiger partial charge in [-0.2, -0.15) is 0 Å². The molecule has 0 aliphatic heterocycles. The second-order valence-corrected chi connectivity index (χ2v) is 7.04. The lowest BCUT2D eigenvalue weighted by atomic mass is 9.88. The summed E-state index contributed by atoms with van der Waals surface area (Å²) < 4.78 is 27.0. The van der Waals surface area contributed by atoms with Gasteiger partial charge < -0.3 is 0 Å². The number of hydrogen-bond acceptors (Lipinski definition) is 4.